The SMILES string of the molecule is O=C(O)C(C(C(=O)O)(N1C(=O)CCC1=O)S(=O)(=O)O)S(=O)(=O)O. The first-order valence-electron chi connectivity index (χ1n) is 5.44. The maximum Gasteiger partial charge on any atom is 0.350 e. The number of carbonyl (C=O) groups excluding carboxylic acids is 2. The Morgan fingerprint density at radius 1 is 1.00 bits per heavy atom. The molecule has 0 saturated carbocycles. The molecule has 0 bridgehead atoms. The van der Waals surface area contributed by atoms with E-state index in [0.29, 0.717) is 0 Å². The Balaban J connectivity index is 4.02. The normalized spacial score (nSPS) is 20.2. The largest absolute Gasteiger partial charge is 0.480 e. The van der Waals surface area contributed by atoms with Crippen LogP contribution in [0.5, 0.6) is 0 Å². The molecular weight excluding hydrogens is 366 g/mol. The fourth-order valence-electron chi connectivity index (χ4n) is 2.13. The number of carbonyl (C=O) groups is 4. The van der Waals surface area contributed by atoms with Gasteiger partial charge in [0.15, 0.2) is 0 Å². The van der Waals surface area contributed by atoms with E-state index in [2.05, 4.69) is 0 Å². The van der Waals surface area contributed by atoms with Gasteiger partial charge in [-0.1, -0.05) is 0 Å². The minimum atomic E-state index is -6.24. The second kappa shape index (κ2) is 5.52. The molecule has 2 amide bonds. The molecule has 1 aliphatic heterocycles. The van der Waals surface area contributed by atoms with Gasteiger partial charge in [0.1, 0.15) is 0 Å². The third-order valence-electron chi connectivity index (χ3n) is 2.96. The van der Waals surface area contributed by atoms with E-state index in [4.69, 9.17) is 14.8 Å². The summed E-state index contributed by atoms with van der Waals surface area (Å²) in [4.78, 5) is 40.6. The highest BCUT2D eigenvalue weighted by Gasteiger charge is 2.72. The molecule has 4 N–H and O–H groups in total. The molecule has 13 nitrogen and oxygen atoms in total. The fourth-order valence-corrected chi connectivity index (χ4v) is 4.75. The lowest BCUT2D eigenvalue weighted by Gasteiger charge is -2.35. The number of nitrogens with zero attached hydrogens (tertiary/aromatic N) is 1. The molecule has 23 heavy (non-hydrogen) atoms. The summed E-state index contributed by atoms with van der Waals surface area (Å²) in [5.74, 6) is -8.68. The van der Waals surface area contributed by atoms with Gasteiger partial charge in [0.05, 0.1) is 0 Å². The van der Waals surface area contributed by atoms with Crippen molar-refractivity contribution in [3.63, 3.8) is 0 Å². The number of imide groups is 1. The van der Waals surface area contributed by atoms with Crippen molar-refractivity contribution in [2.75, 3.05) is 0 Å². The Kier molecular flexibility index (Phi) is 4.54. The number of carboxylic acid groups (broad SMARTS) is 2. The molecule has 0 aromatic heterocycles. The molecule has 1 heterocycles. The first-order chi connectivity index (χ1) is 10.2. The van der Waals surface area contributed by atoms with Gasteiger partial charge in [0, 0.05) is 12.8 Å². The second-order valence-electron chi connectivity index (χ2n) is 4.33. The van der Waals surface area contributed by atoms with Crippen molar-refractivity contribution >= 4 is 44.0 Å². The predicted octanol–water partition coefficient (Wildman–Crippen LogP) is -2.85. The zero-order valence-corrected chi connectivity index (χ0v) is 12.4. The maximum atomic E-state index is 11.6. The number of carboxylic acids is 2. The van der Waals surface area contributed by atoms with Gasteiger partial charge in [-0.15, -0.1) is 0 Å². The number of hydrogen-bond donors (Lipinski definition) is 4. The summed E-state index contributed by atoms with van der Waals surface area (Å²) >= 11 is 0. The van der Waals surface area contributed by atoms with Gasteiger partial charge >= 0.3 is 26.9 Å². The lowest BCUT2D eigenvalue weighted by atomic mass is 10.1. The number of rotatable bonds is 6. The molecule has 1 aliphatic rings. The van der Waals surface area contributed by atoms with Crippen LogP contribution in [0.2, 0.25) is 0 Å². The summed E-state index contributed by atoms with van der Waals surface area (Å²) in [6.07, 6.45) is -1.50. The summed E-state index contributed by atoms with van der Waals surface area (Å²) in [6.45, 7) is 0. The number of aliphatic carboxylic acids is 2. The summed E-state index contributed by atoms with van der Waals surface area (Å²) in [7, 11) is -12.2. The number of hydrogen-bond acceptors (Lipinski definition) is 8. The van der Waals surface area contributed by atoms with E-state index in [1.807, 2.05) is 0 Å². The standard InChI is InChI=1S/C8H9NO12S2/c10-3-1-2-4(11)9(3)8(7(14)15,23(19,20)21)5(6(12)13)22(16,17)18/h5H,1-2H2,(H,12,13)(H,14,15)(H,16,17,18)(H,19,20,21). The van der Waals surface area contributed by atoms with Crippen molar-refractivity contribution in [1.82, 2.24) is 4.90 Å². The molecule has 0 radical (unpaired) electrons. The van der Waals surface area contributed by atoms with E-state index < -0.39 is 71.9 Å². The molecule has 15 heteroatoms. The molecule has 0 spiro atoms. The molecule has 130 valence electrons. The van der Waals surface area contributed by atoms with E-state index >= 15 is 0 Å². The Morgan fingerprint density at radius 2 is 1.39 bits per heavy atom. The van der Waals surface area contributed by atoms with Crippen molar-refractivity contribution in [2.45, 2.75) is 23.0 Å². The highest BCUT2D eigenvalue weighted by Crippen LogP contribution is 2.35. The van der Waals surface area contributed by atoms with Crippen LogP contribution in [0.1, 0.15) is 12.8 Å². The molecule has 0 aromatic rings. The maximum absolute atomic E-state index is 11.6. The van der Waals surface area contributed by atoms with Crippen molar-refractivity contribution in [1.29, 1.82) is 0 Å². The molecule has 2 unspecified atom stereocenters. The molecule has 0 aromatic carbocycles. The molecule has 2 atom stereocenters. The average Bonchev–Trinajstić information content (AvgIpc) is 2.62. The van der Waals surface area contributed by atoms with E-state index in [9.17, 15) is 40.6 Å². The first kappa shape index (κ1) is 18.9. The van der Waals surface area contributed by atoms with E-state index in [1.165, 1.54) is 0 Å². The summed E-state index contributed by atoms with van der Waals surface area (Å²) in [6, 6.07) is 0. The van der Waals surface area contributed by atoms with Gasteiger partial charge in [0.2, 0.25) is 17.1 Å². The topological polar surface area (TPSA) is 221 Å². The van der Waals surface area contributed by atoms with Crippen LogP contribution in [0, 0.1) is 0 Å². The van der Waals surface area contributed by atoms with Crippen molar-refractivity contribution in [3.05, 3.63) is 0 Å². The van der Waals surface area contributed by atoms with Gasteiger partial charge < -0.3 is 10.2 Å². The minimum Gasteiger partial charge on any atom is -0.480 e. The zero-order chi connectivity index (χ0) is 18.4. The van der Waals surface area contributed by atoms with Crippen LogP contribution in [0.25, 0.3) is 0 Å². The molecule has 0 aliphatic carbocycles. The first-order valence-corrected chi connectivity index (χ1v) is 8.38. The van der Waals surface area contributed by atoms with Crippen LogP contribution >= 0.6 is 0 Å². The second-order valence-corrected chi connectivity index (χ2v) is 7.41. The van der Waals surface area contributed by atoms with Crippen LogP contribution in [0.4, 0.5) is 0 Å². The van der Waals surface area contributed by atoms with Gasteiger partial charge in [-0.05, 0) is 0 Å². The van der Waals surface area contributed by atoms with Gasteiger partial charge in [-0.3, -0.25) is 23.5 Å². The fraction of sp³-hybridized carbons (Fsp3) is 0.500. The van der Waals surface area contributed by atoms with Gasteiger partial charge in [-0.25, -0.2) is 9.69 Å². The Hall–Kier alpha value is -2.10. The summed E-state index contributed by atoms with van der Waals surface area (Å²) < 4.78 is 63.7. The van der Waals surface area contributed by atoms with Crippen molar-refractivity contribution in [3.8, 4) is 0 Å². The van der Waals surface area contributed by atoms with Crippen molar-refractivity contribution < 1.29 is 55.3 Å². The lowest BCUT2D eigenvalue weighted by molar-refractivity contribution is -0.160. The highest BCUT2D eigenvalue weighted by atomic mass is 32.2. The summed E-state index contributed by atoms with van der Waals surface area (Å²) in [5.41, 5.74) is 0. The Morgan fingerprint density at radius 3 is 1.61 bits per heavy atom. The predicted molar refractivity (Wildman–Crippen MR) is 66.0 cm³/mol. The third-order valence-corrected chi connectivity index (χ3v) is 5.63. The van der Waals surface area contributed by atoms with E-state index in [1.54, 1.807) is 0 Å². The molecule has 1 saturated heterocycles. The van der Waals surface area contributed by atoms with Crippen LogP contribution in [-0.2, 0) is 39.4 Å². The van der Waals surface area contributed by atoms with Crippen LogP contribution in [0.3, 0.4) is 0 Å². The number of amides is 2. The summed E-state index contributed by atoms with van der Waals surface area (Å²) in [5, 5.41) is 14.2. The highest BCUT2D eigenvalue weighted by molar-refractivity contribution is 7.92. The molecule has 1 rings (SSSR count). The zero-order valence-electron chi connectivity index (χ0n) is 10.8. The van der Waals surface area contributed by atoms with E-state index in [0.717, 1.165) is 0 Å². The quantitative estimate of drug-likeness (QED) is 0.272. The van der Waals surface area contributed by atoms with Crippen LogP contribution in [0.15, 0.2) is 0 Å². The monoisotopic (exact) mass is 375 g/mol. The van der Waals surface area contributed by atoms with Gasteiger partial charge in [-0.2, -0.15) is 16.8 Å². The van der Waals surface area contributed by atoms with E-state index in [-0.39, 0.29) is 0 Å². The third kappa shape index (κ3) is 2.78. The van der Waals surface area contributed by atoms with Crippen LogP contribution < -0.4 is 0 Å². The van der Waals surface area contributed by atoms with Crippen LogP contribution in [-0.4, -0.2) is 74.9 Å². The number of likely N-dealkylation sites (tertiary alicyclic amines) is 1. The Bertz CT molecular complexity index is 779. The lowest BCUT2D eigenvalue weighted by Crippen LogP contribution is -2.71. The minimum absolute atomic E-state index is 0.683. The smallest absolute Gasteiger partial charge is 0.350 e. The molecule has 1 fully saturated rings. The Labute approximate surface area is 128 Å². The van der Waals surface area contributed by atoms with Gasteiger partial charge in [0.25, 0.3) is 10.1 Å². The van der Waals surface area contributed by atoms with Crippen molar-refractivity contribution in [2.24, 2.45) is 0 Å². The average molecular weight is 375 g/mol. The molecular formula is C8H9NO12S2.